The van der Waals surface area contributed by atoms with E-state index in [2.05, 4.69) is 10.3 Å². The number of rotatable bonds is 7. The van der Waals surface area contributed by atoms with Crippen LogP contribution in [0.3, 0.4) is 0 Å². The van der Waals surface area contributed by atoms with Crippen LogP contribution in [0.15, 0.2) is 52.9 Å². The molecule has 8 heteroatoms. The van der Waals surface area contributed by atoms with Crippen molar-refractivity contribution < 1.29 is 19.1 Å². The summed E-state index contributed by atoms with van der Waals surface area (Å²) in [6.45, 7) is 1.13. The topological polar surface area (TPSA) is 87.8 Å². The lowest BCUT2D eigenvalue weighted by atomic mass is 10.2. The monoisotopic (exact) mass is 399 g/mol. The van der Waals surface area contributed by atoms with Gasteiger partial charge in [-0.25, -0.2) is 0 Å². The van der Waals surface area contributed by atoms with Crippen molar-refractivity contribution in [2.24, 2.45) is 0 Å². The lowest BCUT2D eigenvalue weighted by molar-refractivity contribution is -0.138. The molecule has 1 aromatic heterocycles. The highest BCUT2D eigenvalue weighted by Crippen LogP contribution is 2.33. The summed E-state index contributed by atoms with van der Waals surface area (Å²) in [6.07, 6.45) is 0. The van der Waals surface area contributed by atoms with Crippen LogP contribution in [-0.4, -0.2) is 48.1 Å². The maximum Gasteiger partial charge on any atom is 0.321 e. The van der Waals surface area contributed by atoms with Gasteiger partial charge in [0.05, 0.1) is 11.9 Å². The predicted molar refractivity (Wildman–Crippen MR) is 109 cm³/mol. The van der Waals surface area contributed by atoms with Crippen molar-refractivity contribution in [1.29, 1.82) is 0 Å². The first-order valence-electron chi connectivity index (χ1n) is 9.00. The third-order valence-corrected chi connectivity index (χ3v) is 5.83. The molecule has 2 heterocycles. The van der Waals surface area contributed by atoms with Crippen LogP contribution >= 0.6 is 11.8 Å². The highest BCUT2D eigenvalue weighted by molar-refractivity contribution is 7.99. The van der Waals surface area contributed by atoms with Gasteiger partial charge in [0.15, 0.2) is 5.58 Å². The average Bonchev–Trinajstić information content (AvgIpc) is 3.36. The molecule has 0 aliphatic carbocycles. The van der Waals surface area contributed by atoms with Crippen LogP contribution in [0.2, 0.25) is 0 Å². The Morgan fingerprint density at radius 1 is 1.32 bits per heavy atom. The smallest absolute Gasteiger partial charge is 0.321 e. The summed E-state index contributed by atoms with van der Waals surface area (Å²) < 4.78 is 11.6. The second-order valence-corrected chi connectivity index (χ2v) is 7.71. The number of oxazole rings is 1. The maximum absolute atomic E-state index is 11.0. The standard InChI is InChI=1S/C20H21N3O4S/c1-23(20-22-15-4-2-3-5-17(15)27-20)10-11-26-14-8-6-13(7-9-14)18-21-16(12-28-18)19(24)25/h2-9,16,18,21H,10-12H2,1H3,(H,24,25). The molecule has 2 aromatic carbocycles. The van der Waals surface area contributed by atoms with Gasteiger partial charge in [0.2, 0.25) is 0 Å². The highest BCUT2D eigenvalue weighted by atomic mass is 32.2. The highest BCUT2D eigenvalue weighted by Gasteiger charge is 2.30. The first kappa shape index (κ1) is 18.6. The van der Waals surface area contributed by atoms with E-state index in [1.807, 2.05) is 60.5 Å². The summed E-state index contributed by atoms with van der Waals surface area (Å²) in [5, 5.41) is 12.2. The number of carboxylic acids is 1. The largest absolute Gasteiger partial charge is 0.492 e. The van der Waals surface area contributed by atoms with Gasteiger partial charge in [-0.1, -0.05) is 24.3 Å². The number of hydrogen-bond acceptors (Lipinski definition) is 7. The predicted octanol–water partition coefficient (Wildman–Crippen LogP) is 3.13. The number of nitrogens with zero attached hydrogens (tertiary/aromatic N) is 2. The van der Waals surface area contributed by atoms with Gasteiger partial charge in [-0.2, -0.15) is 4.98 Å². The number of aromatic nitrogens is 1. The van der Waals surface area contributed by atoms with Crippen molar-refractivity contribution in [2.75, 3.05) is 30.9 Å². The molecule has 3 aromatic rings. The number of fused-ring (bicyclic) bond motifs is 1. The van der Waals surface area contributed by atoms with Gasteiger partial charge < -0.3 is 19.2 Å². The second kappa shape index (κ2) is 8.12. The van der Waals surface area contributed by atoms with E-state index in [0.29, 0.717) is 24.9 Å². The van der Waals surface area contributed by atoms with Crippen molar-refractivity contribution in [3.63, 3.8) is 0 Å². The third-order valence-electron chi connectivity index (χ3n) is 4.57. The number of anilines is 1. The third kappa shape index (κ3) is 4.07. The minimum Gasteiger partial charge on any atom is -0.492 e. The zero-order chi connectivity index (χ0) is 19.5. The van der Waals surface area contributed by atoms with Crippen LogP contribution in [-0.2, 0) is 4.79 Å². The summed E-state index contributed by atoms with van der Waals surface area (Å²) in [6, 6.07) is 15.5. The lowest BCUT2D eigenvalue weighted by Gasteiger charge is -2.15. The Hall–Kier alpha value is -2.71. The molecular formula is C20H21N3O4S. The van der Waals surface area contributed by atoms with E-state index in [1.54, 1.807) is 11.8 Å². The van der Waals surface area contributed by atoms with Gasteiger partial charge in [-0.3, -0.25) is 10.1 Å². The molecule has 28 heavy (non-hydrogen) atoms. The average molecular weight is 399 g/mol. The molecule has 0 bridgehead atoms. The fourth-order valence-electron chi connectivity index (χ4n) is 2.96. The van der Waals surface area contributed by atoms with Crippen molar-refractivity contribution in [3.05, 3.63) is 54.1 Å². The van der Waals surface area contributed by atoms with Gasteiger partial charge in [-0.15, -0.1) is 11.8 Å². The van der Waals surface area contributed by atoms with E-state index < -0.39 is 12.0 Å². The zero-order valence-corrected chi connectivity index (χ0v) is 16.2. The molecule has 4 rings (SSSR count). The van der Waals surface area contributed by atoms with Crippen LogP contribution in [0.1, 0.15) is 10.9 Å². The Labute approximate surface area is 166 Å². The summed E-state index contributed by atoms with van der Waals surface area (Å²) in [5.41, 5.74) is 2.65. The SMILES string of the molecule is CN(CCOc1ccc(C2NC(C(=O)O)CS2)cc1)c1nc2ccccc2o1. The normalized spacial score (nSPS) is 19.0. The fraction of sp³-hybridized carbons (Fsp3) is 0.300. The van der Waals surface area contributed by atoms with Gasteiger partial charge in [0.25, 0.3) is 6.01 Å². The molecule has 2 N–H and O–H groups in total. The molecule has 0 amide bonds. The quantitative estimate of drug-likeness (QED) is 0.627. The molecule has 0 saturated carbocycles. The Balaban J connectivity index is 1.28. The number of nitrogens with one attached hydrogen (secondary N) is 1. The minimum absolute atomic E-state index is 0.000410. The molecule has 2 atom stereocenters. The van der Waals surface area contributed by atoms with Crippen LogP contribution < -0.4 is 15.0 Å². The van der Waals surface area contributed by atoms with Crippen LogP contribution in [0.25, 0.3) is 11.1 Å². The molecule has 0 spiro atoms. The van der Waals surface area contributed by atoms with Crippen LogP contribution in [0.5, 0.6) is 5.75 Å². The van der Waals surface area contributed by atoms with E-state index >= 15 is 0 Å². The van der Waals surface area contributed by atoms with Crippen molar-refractivity contribution in [3.8, 4) is 5.75 Å². The number of benzene rings is 2. The molecule has 1 aliphatic rings. The Bertz CT molecular complexity index is 926. The summed E-state index contributed by atoms with van der Waals surface area (Å²) in [7, 11) is 1.92. The number of aliphatic carboxylic acids is 1. The molecular weight excluding hydrogens is 378 g/mol. The number of likely N-dealkylation sites (N-methyl/N-ethyl adjacent to an activating group) is 1. The first-order chi connectivity index (χ1) is 13.6. The van der Waals surface area contributed by atoms with E-state index in [-0.39, 0.29) is 5.37 Å². The Morgan fingerprint density at radius 3 is 2.82 bits per heavy atom. The number of ether oxygens (including phenoxy) is 1. The molecule has 146 valence electrons. The second-order valence-electron chi connectivity index (χ2n) is 6.57. The van der Waals surface area contributed by atoms with Gasteiger partial charge in [0.1, 0.15) is 23.9 Å². The van der Waals surface area contributed by atoms with Gasteiger partial charge in [0, 0.05) is 12.8 Å². The van der Waals surface area contributed by atoms with Crippen molar-refractivity contribution in [2.45, 2.75) is 11.4 Å². The lowest BCUT2D eigenvalue weighted by Crippen LogP contribution is -2.33. The van der Waals surface area contributed by atoms with Gasteiger partial charge in [-0.05, 0) is 29.8 Å². The van der Waals surface area contributed by atoms with Crippen molar-refractivity contribution >= 4 is 34.8 Å². The van der Waals surface area contributed by atoms with Gasteiger partial charge >= 0.3 is 5.97 Å². The Morgan fingerprint density at radius 2 is 2.11 bits per heavy atom. The Kier molecular flexibility index (Phi) is 5.40. The number of carboxylic acid groups (broad SMARTS) is 1. The molecule has 1 fully saturated rings. The number of thioether (sulfide) groups is 1. The molecule has 2 unspecified atom stereocenters. The van der Waals surface area contributed by atoms with Crippen LogP contribution in [0, 0.1) is 0 Å². The number of para-hydroxylation sites is 2. The van der Waals surface area contributed by atoms with Crippen molar-refractivity contribution in [1.82, 2.24) is 10.3 Å². The van der Waals surface area contributed by atoms with E-state index in [1.165, 1.54) is 0 Å². The fourth-order valence-corrected chi connectivity index (χ4v) is 4.20. The summed E-state index contributed by atoms with van der Waals surface area (Å²) in [5.74, 6) is 0.533. The van der Waals surface area contributed by atoms with E-state index in [4.69, 9.17) is 14.3 Å². The molecule has 1 saturated heterocycles. The molecule has 0 radical (unpaired) electrons. The number of carbonyl (C=O) groups is 1. The summed E-state index contributed by atoms with van der Waals surface area (Å²) >= 11 is 1.60. The zero-order valence-electron chi connectivity index (χ0n) is 15.4. The molecule has 1 aliphatic heterocycles. The molecule has 7 nitrogen and oxygen atoms in total. The summed E-state index contributed by atoms with van der Waals surface area (Å²) in [4.78, 5) is 17.4. The first-order valence-corrected chi connectivity index (χ1v) is 10.0. The van der Waals surface area contributed by atoms with Crippen LogP contribution in [0.4, 0.5) is 6.01 Å². The van der Waals surface area contributed by atoms with E-state index in [0.717, 1.165) is 22.4 Å². The maximum atomic E-state index is 11.0. The van der Waals surface area contributed by atoms with E-state index in [9.17, 15) is 4.79 Å². The minimum atomic E-state index is -0.807. The number of hydrogen-bond donors (Lipinski definition) is 2.